The summed E-state index contributed by atoms with van der Waals surface area (Å²) in [6.45, 7) is 0. The lowest BCUT2D eigenvalue weighted by Crippen LogP contribution is -2.40. The Hall–Kier alpha value is -2.71. The van der Waals surface area contributed by atoms with Gasteiger partial charge in [0.2, 0.25) is 5.76 Å². The van der Waals surface area contributed by atoms with E-state index in [0.717, 1.165) is 0 Å². The first-order valence-electron chi connectivity index (χ1n) is 9.30. The molecule has 0 spiro atoms. The zero-order valence-corrected chi connectivity index (χ0v) is 17.0. The molecule has 0 N–H and O–H groups in total. The summed E-state index contributed by atoms with van der Waals surface area (Å²) in [5.74, 6) is -1.35. The second kappa shape index (κ2) is 6.65. The van der Waals surface area contributed by atoms with E-state index in [1.54, 1.807) is 6.07 Å². The fourth-order valence-electron chi connectivity index (χ4n) is 4.31. The molecule has 2 unspecified atom stereocenters. The molecule has 0 bridgehead atoms. The van der Waals surface area contributed by atoms with Crippen molar-refractivity contribution < 1.29 is 22.0 Å². The van der Waals surface area contributed by atoms with Crippen molar-refractivity contribution in [3.05, 3.63) is 80.4 Å². The minimum absolute atomic E-state index is 0.0348. The number of rotatable bonds is 2. The van der Waals surface area contributed by atoms with Crippen LogP contribution in [-0.2, 0) is 9.84 Å². The number of sulfone groups is 1. The van der Waals surface area contributed by atoms with Gasteiger partial charge in [0.1, 0.15) is 11.4 Å². The molecule has 3 aromatic rings. The SMILES string of the molecule is O=C1c2oc3ccc(Cl)cc3c(=O)c2C(c2ccc(F)cc2)N1C1CCS(=O)(=O)C1. The maximum absolute atomic E-state index is 13.5. The van der Waals surface area contributed by atoms with Gasteiger partial charge in [0.15, 0.2) is 15.3 Å². The van der Waals surface area contributed by atoms with Gasteiger partial charge in [0.25, 0.3) is 5.91 Å². The van der Waals surface area contributed by atoms with Gasteiger partial charge >= 0.3 is 0 Å². The van der Waals surface area contributed by atoms with Gasteiger partial charge in [-0.2, -0.15) is 0 Å². The lowest BCUT2D eigenvalue weighted by molar-refractivity contribution is 0.0662. The molecule has 0 radical (unpaired) electrons. The van der Waals surface area contributed by atoms with E-state index in [1.807, 2.05) is 0 Å². The molecule has 30 heavy (non-hydrogen) atoms. The Morgan fingerprint density at radius 3 is 2.50 bits per heavy atom. The second-order valence-electron chi connectivity index (χ2n) is 7.54. The van der Waals surface area contributed by atoms with Crippen LogP contribution in [0.3, 0.4) is 0 Å². The van der Waals surface area contributed by atoms with Gasteiger partial charge in [-0.05, 0) is 42.3 Å². The van der Waals surface area contributed by atoms with Crippen molar-refractivity contribution in [3.63, 3.8) is 0 Å². The van der Waals surface area contributed by atoms with Crippen LogP contribution in [0, 0.1) is 5.82 Å². The van der Waals surface area contributed by atoms with Gasteiger partial charge < -0.3 is 9.32 Å². The fraction of sp³-hybridized carbons (Fsp3) is 0.238. The highest BCUT2D eigenvalue weighted by atomic mass is 35.5. The van der Waals surface area contributed by atoms with E-state index < -0.39 is 39.1 Å². The maximum Gasteiger partial charge on any atom is 0.291 e. The highest BCUT2D eigenvalue weighted by Crippen LogP contribution is 2.41. The molecule has 0 saturated carbocycles. The van der Waals surface area contributed by atoms with Crippen LogP contribution in [0.1, 0.15) is 34.1 Å². The van der Waals surface area contributed by atoms with Gasteiger partial charge in [-0.3, -0.25) is 9.59 Å². The normalized spacial score (nSPS) is 22.6. The Kier molecular flexibility index (Phi) is 4.27. The quantitative estimate of drug-likeness (QED) is 0.601. The predicted octanol–water partition coefficient (Wildman–Crippen LogP) is 3.32. The Balaban J connectivity index is 1.77. The van der Waals surface area contributed by atoms with Crippen LogP contribution in [0.4, 0.5) is 4.39 Å². The third-order valence-electron chi connectivity index (χ3n) is 5.66. The van der Waals surface area contributed by atoms with Gasteiger partial charge in [-0.15, -0.1) is 0 Å². The van der Waals surface area contributed by atoms with E-state index in [1.165, 1.54) is 41.3 Å². The van der Waals surface area contributed by atoms with Gasteiger partial charge in [-0.25, -0.2) is 12.8 Å². The maximum atomic E-state index is 13.5. The average Bonchev–Trinajstić information content (AvgIpc) is 3.20. The number of fused-ring (bicyclic) bond motifs is 2. The van der Waals surface area contributed by atoms with E-state index >= 15 is 0 Å². The molecule has 1 fully saturated rings. The van der Waals surface area contributed by atoms with Gasteiger partial charge in [0.05, 0.1) is 28.5 Å². The van der Waals surface area contributed by atoms with E-state index in [4.69, 9.17) is 16.0 Å². The summed E-state index contributed by atoms with van der Waals surface area (Å²) in [5.41, 5.74) is 0.419. The van der Waals surface area contributed by atoms with Gasteiger partial charge in [-0.1, -0.05) is 23.7 Å². The van der Waals surface area contributed by atoms with Crippen LogP contribution in [0.15, 0.2) is 51.7 Å². The van der Waals surface area contributed by atoms with Gasteiger partial charge in [0, 0.05) is 11.1 Å². The number of hydrogen-bond donors (Lipinski definition) is 0. The predicted molar refractivity (Wildman–Crippen MR) is 109 cm³/mol. The molecule has 154 valence electrons. The summed E-state index contributed by atoms with van der Waals surface area (Å²) in [4.78, 5) is 28.1. The number of nitrogens with zero attached hydrogens (tertiary/aromatic N) is 1. The molecule has 1 aromatic heterocycles. The molecule has 2 aromatic carbocycles. The van der Waals surface area contributed by atoms with Crippen molar-refractivity contribution in [2.75, 3.05) is 11.5 Å². The molecule has 1 saturated heterocycles. The fourth-order valence-corrected chi connectivity index (χ4v) is 6.19. The molecule has 3 heterocycles. The third kappa shape index (κ3) is 2.94. The van der Waals surface area contributed by atoms with Crippen molar-refractivity contribution in [2.24, 2.45) is 0 Å². The first-order chi connectivity index (χ1) is 14.2. The van der Waals surface area contributed by atoms with Crippen molar-refractivity contribution in [3.8, 4) is 0 Å². The Morgan fingerprint density at radius 2 is 1.83 bits per heavy atom. The van der Waals surface area contributed by atoms with Crippen molar-refractivity contribution in [1.29, 1.82) is 0 Å². The van der Waals surface area contributed by atoms with E-state index in [9.17, 15) is 22.4 Å². The monoisotopic (exact) mass is 447 g/mol. The first-order valence-corrected chi connectivity index (χ1v) is 11.5. The molecule has 0 aliphatic carbocycles. The molecule has 2 aliphatic rings. The number of carbonyl (C=O) groups is 1. The van der Waals surface area contributed by atoms with Crippen LogP contribution in [0.25, 0.3) is 11.0 Å². The Morgan fingerprint density at radius 1 is 1.10 bits per heavy atom. The standard InChI is InChI=1S/C21H15ClFNO5S/c22-12-3-6-16-15(9-12)19(25)17-18(11-1-4-13(23)5-2-11)24(21(26)20(17)29-16)14-7-8-30(27,28)10-14/h1-6,9,14,18H,7-8,10H2. The van der Waals surface area contributed by atoms with E-state index in [2.05, 4.69) is 0 Å². The molecule has 9 heteroatoms. The van der Waals surface area contributed by atoms with Crippen LogP contribution in [0.5, 0.6) is 0 Å². The Bertz CT molecular complexity index is 1370. The lowest BCUT2D eigenvalue weighted by Gasteiger charge is -2.30. The van der Waals surface area contributed by atoms with Crippen LogP contribution < -0.4 is 5.43 Å². The van der Waals surface area contributed by atoms with Crippen LogP contribution in [-0.4, -0.2) is 36.8 Å². The van der Waals surface area contributed by atoms with Crippen molar-refractivity contribution >= 4 is 38.3 Å². The summed E-state index contributed by atoms with van der Waals surface area (Å²) in [6, 6.07) is 8.51. The highest BCUT2D eigenvalue weighted by molar-refractivity contribution is 7.91. The number of hydrogen-bond acceptors (Lipinski definition) is 5. The minimum Gasteiger partial charge on any atom is -0.450 e. The molecule has 6 nitrogen and oxygen atoms in total. The third-order valence-corrected chi connectivity index (χ3v) is 7.64. The number of carbonyl (C=O) groups excluding carboxylic acids is 1. The number of halogens is 2. The molecular weight excluding hydrogens is 433 g/mol. The Labute approximate surface area is 175 Å². The molecule has 2 atom stereocenters. The number of amides is 1. The lowest BCUT2D eigenvalue weighted by atomic mass is 9.97. The summed E-state index contributed by atoms with van der Waals surface area (Å²) in [5, 5.41) is 0.568. The minimum atomic E-state index is -3.29. The smallest absolute Gasteiger partial charge is 0.291 e. The number of benzene rings is 2. The molecule has 1 amide bonds. The topological polar surface area (TPSA) is 84.7 Å². The first kappa shape index (κ1) is 19.3. The van der Waals surface area contributed by atoms with Crippen molar-refractivity contribution in [1.82, 2.24) is 4.90 Å². The summed E-state index contributed by atoms with van der Waals surface area (Å²) < 4.78 is 43.5. The average molecular weight is 448 g/mol. The van der Waals surface area contributed by atoms with Crippen LogP contribution in [0.2, 0.25) is 5.02 Å². The zero-order chi connectivity index (χ0) is 21.2. The van der Waals surface area contributed by atoms with Crippen molar-refractivity contribution in [2.45, 2.75) is 18.5 Å². The largest absolute Gasteiger partial charge is 0.450 e. The second-order valence-corrected chi connectivity index (χ2v) is 10.2. The molecule has 2 aliphatic heterocycles. The van der Waals surface area contributed by atoms with E-state index in [0.29, 0.717) is 10.6 Å². The molecule has 5 rings (SSSR count). The van der Waals surface area contributed by atoms with E-state index in [-0.39, 0.29) is 40.2 Å². The zero-order valence-electron chi connectivity index (χ0n) is 15.5. The summed E-state index contributed by atoms with van der Waals surface area (Å²) >= 11 is 6.04. The summed E-state index contributed by atoms with van der Waals surface area (Å²) in [6.07, 6.45) is 0.263. The van der Waals surface area contributed by atoms with Crippen LogP contribution >= 0.6 is 11.6 Å². The summed E-state index contributed by atoms with van der Waals surface area (Å²) in [7, 11) is -3.29. The highest BCUT2D eigenvalue weighted by Gasteiger charge is 2.48. The molecular formula is C21H15ClFNO5S.